The van der Waals surface area contributed by atoms with Gasteiger partial charge in [-0.3, -0.25) is 0 Å². The van der Waals surface area contributed by atoms with E-state index in [2.05, 4.69) is 10.3 Å². The summed E-state index contributed by atoms with van der Waals surface area (Å²) < 4.78 is 40.2. The van der Waals surface area contributed by atoms with Crippen LogP contribution in [0.2, 0.25) is 0 Å². The second-order valence-corrected chi connectivity index (χ2v) is 4.11. The Morgan fingerprint density at radius 3 is 2.44 bits per heavy atom. The van der Waals surface area contributed by atoms with Gasteiger partial charge in [-0.05, 0) is 32.4 Å². The normalized spacial score (nSPS) is 11.0. The number of benzene rings is 1. The second-order valence-electron chi connectivity index (χ2n) is 4.11. The highest BCUT2D eigenvalue weighted by Gasteiger charge is 2.18. The highest BCUT2D eigenvalue weighted by Crippen LogP contribution is 2.31. The third-order valence-electron chi connectivity index (χ3n) is 2.96. The summed E-state index contributed by atoms with van der Waals surface area (Å²) in [5.41, 5.74) is 1.84. The molecule has 18 heavy (non-hydrogen) atoms. The van der Waals surface area contributed by atoms with Crippen molar-refractivity contribution in [3.8, 4) is 0 Å². The van der Waals surface area contributed by atoms with Crippen LogP contribution in [0.25, 0.3) is 10.9 Å². The van der Waals surface area contributed by atoms with E-state index < -0.39 is 17.5 Å². The van der Waals surface area contributed by atoms with Crippen molar-refractivity contribution < 1.29 is 13.2 Å². The van der Waals surface area contributed by atoms with E-state index in [1.54, 1.807) is 13.8 Å². The van der Waals surface area contributed by atoms with E-state index in [1.807, 2.05) is 6.92 Å². The Morgan fingerprint density at radius 1 is 1.17 bits per heavy atom. The summed E-state index contributed by atoms with van der Waals surface area (Å²) in [6, 6.07) is 0.977. The molecule has 0 amide bonds. The van der Waals surface area contributed by atoms with Crippen molar-refractivity contribution in [1.29, 1.82) is 0 Å². The number of rotatable bonds is 2. The van der Waals surface area contributed by atoms with E-state index in [0.717, 1.165) is 11.6 Å². The van der Waals surface area contributed by atoms with Gasteiger partial charge in [-0.1, -0.05) is 0 Å². The minimum Gasteiger partial charge on any atom is -0.385 e. The molecule has 0 fully saturated rings. The molecule has 1 aromatic heterocycles. The number of fused-ring (bicyclic) bond motifs is 1. The first-order valence-electron chi connectivity index (χ1n) is 5.65. The van der Waals surface area contributed by atoms with Crippen LogP contribution in [-0.4, -0.2) is 11.5 Å². The topological polar surface area (TPSA) is 24.9 Å². The summed E-state index contributed by atoms with van der Waals surface area (Å²) in [4.78, 5) is 4.00. The van der Waals surface area contributed by atoms with E-state index in [-0.39, 0.29) is 10.9 Å². The maximum Gasteiger partial charge on any atom is 0.196 e. The van der Waals surface area contributed by atoms with E-state index in [1.165, 1.54) is 0 Å². The summed E-state index contributed by atoms with van der Waals surface area (Å²) in [6.45, 7) is 5.98. The molecule has 0 saturated heterocycles. The van der Waals surface area contributed by atoms with Gasteiger partial charge in [-0.15, -0.1) is 0 Å². The van der Waals surface area contributed by atoms with Crippen LogP contribution in [0.4, 0.5) is 18.9 Å². The first-order valence-corrected chi connectivity index (χ1v) is 5.65. The summed E-state index contributed by atoms with van der Waals surface area (Å²) in [5, 5.41) is 3.30. The second kappa shape index (κ2) is 4.48. The van der Waals surface area contributed by atoms with Crippen LogP contribution in [0, 0.1) is 31.3 Å². The molecule has 0 spiro atoms. The van der Waals surface area contributed by atoms with E-state index >= 15 is 0 Å². The van der Waals surface area contributed by atoms with Crippen molar-refractivity contribution in [1.82, 2.24) is 4.98 Å². The molecule has 1 N–H and O–H groups in total. The average Bonchev–Trinajstić information content (AvgIpc) is 2.34. The van der Waals surface area contributed by atoms with Gasteiger partial charge >= 0.3 is 0 Å². The number of pyridine rings is 1. The Kier molecular flexibility index (Phi) is 3.15. The zero-order chi connectivity index (χ0) is 13.4. The molecule has 0 radical (unpaired) electrons. The molecule has 2 nitrogen and oxygen atoms in total. The third-order valence-corrected chi connectivity index (χ3v) is 2.96. The van der Waals surface area contributed by atoms with Gasteiger partial charge < -0.3 is 5.32 Å². The van der Waals surface area contributed by atoms with Crippen LogP contribution in [-0.2, 0) is 0 Å². The molecule has 0 aliphatic heterocycles. The molecule has 0 atom stereocenters. The molecule has 0 unspecified atom stereocenters. The summed E-state index contributed by atoms with van der Waals surface area (Å²) in [6.07, 6.45) is 0. The van der Waals surface area contributed by atoms with Gasteiger partial charge in [0.1, 0.15) is 5.52 Å². The first-order chi connectivity index (χ1) is 8.47. The fourth-order valence-electron chi connectivity index (χ4n) is 1.92. The lowest BCUT2D eigenvalue weighted by atomic mass is 10.1. The molecular formula is C13H13F3N2. The smallest absolute Gasteiger partial charge is 0.196 e. The van der Waals surface area contributed by atoms with E-state index in [0.29, 0.717) is 17.9 Å². The molecular weight excluding hydrogens is 241 g/mol. The Labute approximate surface area is 103 Å². The van der Waals surface area contributed by atoms with Gasteiger partial charge in [0.2, 0.25) is 0 Å². The number of hydrogen-bond acceptors (Lipinski definition) is 2. The van der Waals surface area contributed by atoms with E-state index in [4.69, 9.17) is 0 Å². The molecule has 0 aliphatic carbocycles. The lowest BCUT2D eigenvalue weighted by Gasteiger charge is -2.14. The van der Waals surface area contributed by atoms with Gasteiger partial charge in [0, 0.05) is 23.3 Å². The largest absolute Gasteiger partial charge is 0.385 e. The third kappa shape index (κ3) is 1.79. The van der Waals surface area contributed by atoms with Crippen molar-refractivity contribution in [3.63, 3.8) is 0 Å². The molecule has 1 aromatic carbocycles. The van der Waals surface area contributed by atoms with Gasteiger partial charge in [0.15, 0.2) is 17.5 Å². The molecule has 96 valence electrons. The van der Waals surface area contributed by atoms with Crippen LogP contribution in [0.5, 0.6) is 0 Å². The van der Waals surface area contributed by atoms with Gasteiger partial charge in [-0.25, -0.2) is 18.2 Å². The van der Waals surface area contributed by atoms with Crippen molar-refractivity contribution in [2.45, 2.75) is 20.8 Å². The zero-order valence-corrected chi connectivity index (χ0v) is 10.4. The van der Waals surface area contributed by atoms with Gasteiger partial charge in [-0.2, -0.15) is 0 Å². The minimum absolute atomic E-state index is 0.145. The molecule has 2 rings (SSSR count). The maximum absolute atomic E-state index is 13.7. The highest BCUT2D eigenvalue weighted by molar-refractivity contribution is 5.93. The number of nitrogens with one attached hydrogen (secondary N) is 1. The lowest BCUT2D eigenvalue weighted by Crippen LogP contribution is -2.05. The Hall–Kier alpha value is -1.78. The number of hydrogen-bond donors (Lipinski definition) is 1. The molecule has 0 saturated carbocycles. The van der Waals surface area contributed by atoms with Gasteiger partial charge in [0.05, 0.1) is 0 Å². The molecule has 2 aromatic rings. The first kappa shape index (κ1) is 12.7. The Balaban J connectivity index is 2.92. The number of nitrogens with zero attached hydrogens (tertiary/aromatic N) is 1. The standard InChI is InChI=1S/C13H13F3N2/c1-4-17-12-6(2)7(3)18-13-8(12)5-9(14)10(15)11(13)16/h5H,4H2,1-3H3,(H,17,18). The van der Waals surface area contributed by atoms with Crippen molar-refractivity contribution in [3.05, 3.63) is 34.8 Å². The van der Waals surface area contributed by atoms with Crippen molar-refractivity contribution in [2.24, 2.45) is 0 Å². The zero-order valence-electron chi connectivity index (χ0n) is 10.4. The summed E-state index contributed by atoms with van der Waals surface area (Å²) in [5.74, 6) is -3.93. The van der Waals surface area contributed by atoms with Crippen LogP contribution in [0.1, 0.15) is 18.2 Å². The maximum atomic E-state index is 13.7. The number of halogens is 3. The highest BCUT2D eigenvalue weighted by atomic mass is 19.2. The van der Waals surface area contributed by atoms with Crippen LogP contribution in [0.3, 0.4) is 0 Å². The molecule has 1 heterocycles. The van der Waals surface area contributed by atoms with E-state index in [9.17, 15) is 13.2 Å². The number of aryl methyl sites for hydroxylation is 1. The SMILES string of the molecule is CCNc1c(C)c(C)nc2c(F)c(F)c(F)cc12. The Morgan fingerprint density at radius 2 is 1.83 bits per heavy atom. The summed E-state index contributed by atoms with van der Waals surface area (Å²) in [7, 11) is 0. The fourth-order valence-corrected chi connectivity index (χ4v) is 1.92. The monoisotopic (exact) mass is 254 g/mol. The lowest BCUT2D eigenvalue weighted by molar-refractivity contribution is 0.452. The van der Waals surface area contributed by atoms with Crippen LogP contribution < -0.4 is 5.32 Å². The molecule has 0 bridgehead atoms. The van der Waals surface area contributed by atoms with Crippen LogP contribution >= 0.6 is 0 Å². The average molecular weight is 254 g/mol. The molecule has 5 heteroatoms. The quantitative estimate of drug-likeness (QED) is 0.826. The predicted octanol–water partition coefficient (Wildman–Crippen LogP) is 3.70. The summed E-state index contributed by atoms with van der Waals surface area (Å²) >= 11 is 0. The minimum atomic E-state index is -1.49. The van der Waals surface area contributed by atoms with Crippen molar-refractivity contribution in [2.75, 3.05) is 11.9 Å². The predicted molar refractivity (Wildman–Crippen MR) is 65.3 cm³/mol. The number of aromatic nitrogens is 1. The number of anilines is 1. The van der Waals surface area contributed by atoms with Gasteiger partial charge in [0.25, 0.3) is 0 Å². The molecule has 0 aliphatic rings. The Bertz CT molecular complexity index is 624. The van der Waals surface area contributed by atoms with Crippen molar-refractivity contribution >= 4 is 16.6 Å². The fraction of sp³-hybridized carbons (Fsp3) is 0.308. The van der Waals surface area contributed by atoms with Crippen LogP contribution in [0.15, 0.2) is 6.07 Å².